The van der Waals surface area contributed by atoms with E-state index in [4.69, 9.17) is 0 Å². The molecule has 1 saturated carbocycles. The summed E-state index contributed by atoms with van der Waals surface area (Å²) in [5, 5.41) is 3.50. The lowest BCUT2D eigenvalue weighted by Gasteiger charge is -2.22. The summed E-state index contributed by atoms with van der Waals surface area (Å²) in [7, 11) is 1.81. The molecular weight excluding hydrogens is 263 g/mol. The molecule has 0 bridgehead atoms. The van der Waals surface area contributed by atoms with Crippen LogP contribution >= 0.6 is 11.3 Å². The second kappa shape index (κ2) is 5.05. The Morgan fingerprint density at radius 1 is 1.44 bits per heavy atom. The maximum atomic E-state index is 12.6. The van der Waals surface area contributed by atoms with Crippen LogP contribution in [-0.4, -0.2) is 30.8 Å². The zero-order valence-electron chi connectivity index (χ0n) is 10.3. The van der Waals surface area contributed by atoms with E-state index in [-0.39, 0.29) is 6.04 Å². The largest absolute Gasteiger partial charge is 0.406 e. The lowest BCUT2D eigenvalue weighted by molar-refractivity contribution is -0.120. The third kappa shape index (κ3) is 3.35. The highest BCUT2D eigenvalue weighted by atomic mass is 32.1. The van der Waals surface area contributed by atoms with Gasteiger partial charge in [0.05, 0.1) is 5.69 Å². The molecule has 1 fully saturated rings. The van der Waals surface area contributed by atoms with Gasteiger partial charge in [0.2, 0.25) is 0 Å². The Morgan fingerprint density at radius 2 is 2.11 bits per heavy atom. The first kappa shape index (κ1) is 13.6. The second-order valence-corrected chi connectivity index (χ2v) is 5.57. The summed E-state index contributed by atoms with van der Waals surface area (Å²) in [5.41, 5.74) is 0.817. The van der Waals surface area contributed by atoms with Gasteiger partial charge in [0.1, 0.15) is 6.54 Å². The van der Waals surface area contributed by atoms with Crippen LogP contribution < -0.4 is 10.2 Å². The first-order valence-corrected chi connectivity index (χ1v) is 6.66. The molecule has 0 amide bonds. The smallest absolute Gasteiger partial charge is 0.336 e. The summed E-state index contributed by atoms with van der Waals surface area (Å²) in [6.07, 6.45) is -2.52. The molecule has 2 rings (SSSR count). The summed E-state index contributed by atoms with van der Waals surface area (Å²) in [4.78, 5) is 6.68. The molecule has 1 aromatic heterocycles. The summed E-state index contributed by atoms with van der Waals surface area (Å²) in [5.74, 6) is 0. The minimum Gasteiger partial charge on any atom is -0.336 e. The summed E-state index contributed by atoms with van der Waals surface area (Å²) < 4.78 is 37.7. The van der Waals surface area contributed by atoms with Gasteiger partial charge in [0, 0.05) is 17.5 Å². The van der Waals surface area contributed by atoms with Gasteiger partial charge in [-0.05, 0) is 26.8 Å². The zero-order valence-corrected chi connectivity index (χ0v) is 11.2. The van der Waals surface area contributed by atoms with Crippen LogP contribution in [0.4, 0.5) is 18.3 Å². The van der Waals surface area contributed by atoms with Gasteiger partial charge in [-0.2, -0.15) is 13.2 Å². The van der Waals surface area contributed by atoms with Crippen molar-refractivity contribution in [3.8, 4) is 0 Å². The Labute approximate surface area is 108 Å². The molecule has 1 aliphatic carbocycles. The van der Waals surface area contributed by atoms with E-state index < -0.39 is 12.7 Å². The fourth-order valence-corrected chi connectivity index (χ4v) is 2.94. The molecule has 0 aromatic carbocycles. The number of hydrogen-bond acceptors (Lipinski definition) is 4. The molecule has 0 aliphatic heterocycles. The molecule has 0 radical (unpaired) electrons. The molecule has 0 atom stereocenters. The van der Waals surface area contributed by atoms with Crippen LogP contribution in [0.1, 0.15) is 23.4 Å². The van der Waals surface area contributed by atoms with Gasteiger partial charge in [-0.25, -0.2) is 4.98 Å². The van der Waals surface area contributed by atoms with E-state index in [1.165, 1.54) is 16.2 Å². The van der Waals surface area contributed by atoms with Gasteiger partial charge in [0.25, 0.3) is 0 Å². The van der Waals surface area contributed by atoms with Crippen molar-refractivity contribution in [2.24, 2.45) is 0 Å². The van der Waals surface area contributed by atoms with E-state index in [0.717, 1.165) is 23.4 Å². The van der Waals surface area contributed by atoms with E-state index in [9.17, 15) is 13.2 Å². The van der Waals surface area contributed by atoms with E-state index in [1.54, 1.807) is 0 Å². The van der Waals surface area contributed by atoms with Crippen molar-refractivity contribution in [2.45, 2.75) is 38.5 Å². The summed E-state index contributed by atoms with van der Waals surface area (Å²) >= 11 is 1.35. The van der Waals surface area contributed by atoms with Gasteiger partial charge < -0.3 is 10.2 Å². The lowest BCUT2D eigenvalue weighted by atomic mass is 10.4. The van der Waals surface area contributed by atoms with Crippen LogP contribution in [0.15, 0.2) is 0 Å². The molecule has 1 heterocycles. The number of nitrogens with zero attached hydrogens (tertiary/aromatic N) is 2. The van der Waals surface area contributed by atoms with Crippen LogP contribution in [0.2, 0.25) is 0 Å². The van der Waals surface area contributed by atoms with Gasteiger partial charge in [-0.3, -0.25) is 0 Å². The van der Waals surface area contributed by atoms with Gasteiger partial charge in [0.15, 0.2) is 5.13 Å². The molecule has 7 heteroatoms. The molecule has 0 spiro atoms. The number of anilines is 1. The van der Waals surface area contributed by atoms with Crippen molar-refractivity contribution >= 4 is 16.5 Å². The van der Waals surface area contributed by atoms with Crippen LogP contribution in [-0.2, 0) is 6.54 Å². The number of aromatic nitrogens is 1. The van der Waals surface area contributed by atoms with Crippen molar-refractivity contribution in [1.82, 2.24) is 10.3 Å². The van der Waals surface area contributed by atoms with E-state index >= 15 is 0 Å². The number of thiazole rings is 1. The predicted molar refractivity (Wildman–Crippen MR) is 66.0 cm³/mol. The maximum absolute atomic E-state index is 12.6. The topological polar surface area (TPSA) is 28.2 Å². The average molecular weight is 279 g/mol. The number of alkyl halides is 3. The van der Waals surface area contributed by atoms with Gasteiger partial charge >= 0.3 is 6.18 Å². The number of halogens is 3. The van der Waals surface area contributed by atoms with Crippen molar-refractivity contribution in [1.29, 1.82) is 0 Å². The molecule has 1 N–H and O–H groups in total. The lowest BCUT2D eigenvalue weighted by Crippen LogP contribution is -2.35. The van der Waals surface area contributed by atoms with Crippen LogP contribution in [0.25, 0.3) is 0 Å². The predicted octanol–water partition coefficient (Wildman–Crippen LogP) is 2.70. The molecule has 102 valence electrons. The van der Waals surface area contributed by atoms with Crippen molar-refractivity contribution < 1.29 is 13.2 Å². The Kier molecular flexibility index (Phi) is 3.82. The van der Waals surface area contributed by atoms with Gasteiger partial charge in [-0.1, -0.05) is 0 Å². The Bertz CT molecular complexity index is 412. The molecular formula is C11H16F3N3S. The van der Waals surface area contributed by atoms with Crippen molar-refractivity contribution in [2.75, 3.05) is 18.5 Å². The Morgan fingerprint density at radius 3 is 2.61 bits per heavy atom. The quantitative estimate of drug-likeness (QED) is 0.898. The van der Waals surface area contributed by atoms with E-state index in [1.807, 2.05) is 14.0 Å². The standard InChI is InChI=1S/C11H16F3N3S/c1-7-9(5-15-2)18-10(16-7)17(8-3-4-8)6-11(12,13)14/h8,15H,3-6H2,1-2H3. The van der Waals surface area contributed by atoms with Crippen LogP contribution in [0.3, 0.4) is 0 Å². The molecule has 0 saturated heterocycles. The fourth-order valence-electron chi connectivity index (χ4n) is 1.79. The van der Waals surface area contributed by atoms with E-state index in [0.29, 0.717) is 11.7 Å². The monoisotopic (exact) mass is 279 g/mol. The van der Waals surface area contributed by atoms with Gasteiger partial charge in [-0.15, -0.1) is 11.3 Å². The van der Waals surface area contributed by atoms with E-state index in [2.05, 4.69) is 10.3 Å². The minimum absolute atomic E-state index is 0.0135. The van der Waals surface area contributed by atoms with Crippen molar-refractivity contribution in [3.05, 3.63) is 10.6 Å². The fraction of sp³-hybridized carbons (Fsp3) is 0.727. The highest BCUT2D eigenvalue weighted by molar-refractivity contribution is 7.15. The molecule has 18 heavy (non-hydrogen) atoms. The van der Waals surface area contributed by atoms with Crippen LogP contribution in [0, 0.1) is 6.92 Å². The highest BCUT2D eigenvalue weighted by Gasteiger charge is 2.39. The molecule has 1 aromatic rings. The third-order valence-corrected chi connectivity index (χ3v) is 4.00. The zero-order chi connectivity index (χ0) is 13.3. The Balaban J connectivity index is 2.17. The summed E-state index contributed by atoms with van der Waals surface area (Å²) in [6.45, 7) is 1.59. The van der Waals surface area contributed by atoms with Crippen LogP contribution in [0.5, 0.6) is 0 Å². The number of nitrogens with one attached hydrogen (secondary N) is 1. The number of hydrogen-bond donors (Lipinski definition) is 1. The SMILES string of the molecule is CNCc1sc(N(CC(F)(F)F)C2CC2)nc1C. The molecule has 3 nitrogen and oxygen atoms in total. The third-order valence-electron chi connectivity index (χ3n) is 2.80. The molecule has 0 unspecified atom stereocenters. The molecule has 1 aliphatic rings. The maximum Gasteiger partial charge on any atom is 0.406 e. The summed E-state index contributed by atoms with van der Waals surface area (Å²) in [6, 6.07) is 0.0135. The highest BCUT2D eigenvalue weighted by Crippen LogP contribution is 2.37. The second-order valence-electron chi connectivity index (χ2n) is 4.51. The average Bonchev–Trinajstić information content (AvgIpc) is 3.01. The first-order chi connectivity index (χ1) is 8.40. The number of aryl methyl sites for hydroxylation is 1. The Hall–Kier alpha value is -0.820. The normalized spacial score (nSPS) is 16.1. The number of rotatable bonds is 5. The first-order valence-electron chi connectivity index (χ1n) is 5.85. The minimum atomic E-state index is -4.18. The van der Waals surface area contributed by atoms with Crippen molar-refractivity contribution in [3.63, 3.8) is 0 Å².